The van der Waals surface area contributed by atoms with Crippen LogP contribution < -0.4 is 0 Å². The van der Waals surface area contributed by atoms with Crippen molar-refractivity contribution in [3.8, 4) is 6.07 Å². The van der Waals surface area contributed by atoms with Gasteiger partial charge in [-0.15, -0.1) is 0 Å². The molecular formula is C17H31N3O. The molecule has 1 aliphatic rings. The molecule has 1 rings (SSSR count). The Hall–Kier alpha value is -1.08. The van der Waals surface area contributed by atoms with E-state index in [1.54, 1.807) is 0 Å². The second-order valence-corrected chi connectivity index (χ2v) is 6.37. The van der Waals surface area contributed by atoms with Gasteiger partial charge in [-0.25, -0.2) is 0 Å². The van der Waals surface area contributed by atoms with Crippen LogP contribution in [0.5, 0.6) is 0 Å². The summed E-state index contributed by atoms with van der Waals surface area (Å²) in [7, 11) is 2.12. The molecule has 1 heterocycles. The highest BCUT2D eigenvalue weighted by molar-refractivity contribution is 5.85. The van der Waals surface area contributed by atoms with E-state index in [9.17, 15) is 10.1 Å². The van der Waals surface area contributed by atoms with Gasteiger partial charge in [0.15, 0.2) is 0 Å². The van der Waals surface area contributed by atoms with Crippen molar-refractivity contribution in [1.82, 2.24) is 9.80 Å². The summed E-state index contributed by atoms with van der Waals surface area (Å²) in [5.41, 5.74) is -0.806. The van der Waals surface area contributed by atoms with Crippen LogP contribution in [0.4, 0.5) is 0 Å². The minimum Gasteiger partial charge on any atom is -0.337 e. The molecule has 1 unspecified atom stereocenters. The normalized spacial score (nSPS) is 20.9. The lowest BCUT2D eigenvalue weighted by molar-refractivity contribution is -0.142. The van der Waals surface area contributed by atoms with Crippen LogP contribution in [0.15, 0.2) is 0 Å². The second kappa shape index (κ2) is 8.38. The third-order valence-corrected chi connectivity index (χ3v) is 4.61. The Kier molecular flexibility index (Phi) is 7.17. The Morgan fingerprint density at radius 2 is 1.86 bits per heavy atom. The van der Waals surface area contributed by atoms with Crippen LogP contribution in [0.3, 0.4) is 0 Å². The summed E-state index contributed by atoms with van der Waals surface area (Å²) >= 11 is 0. The summed E-state index contributed by atoms with van der Waals surface area (Å²) in [5.74, 6) is 0.0795. The summed E-state index contributed by atoms with van der Waals surface area (Å²) in [6.45, 7) is 8.99. The Morgan fingerprint density at radius 3 is 2.33 bits per heavy atom. The van der Waals surface area contributed by atoms with Crippen molar-refractivity contribution in [1.29, 1.82) is 5.26 Å². The van der Waals surface area contributed by atoms with Gasteiger partial charge in [0, 0.05) is 19.1 Å². The van der Waals surface area contributed by atoms with Gasteiger partial charge >= 0.3 is 0 Å². The molecule has 0 radical (unpaired) electrons. The predicted octanol–water partition coefficient (Wildman–Crippen LogP) is 3.04. The molecule has 1 aliphatic heterocycles. The van der Waals surface area contributed by atoms with Gasteiger partial charge in [0.05, 0.1) is 6.07 Å². The smallest absolute Gasteiger partial charge is 0.243 e. The van der Waals surface area contributed by atoms with Gasteiger partial charge in [-0.1, -0.05) is 33.6 Å². The van der Waals surface area contributed by atoms with Gasteiger partial charge in [0.25, 0.3) is 0 Å². The van der Waals surface area contributed by atoms with Gasteiger partial charge in [0.2, 0.25) is 5.91 Å². The fourth-order valence-corrected chi connectivity index (χ4v) is 3.49. The first-order valence-electron chi connectivity index (χ1n) is 8.45. The van der Waals surface area contributed by atoms with Crippen molar-refractivity contribution >= 4 is 5.91 Å². The molecule has 0 saturated carbocycles. The second-order valence-electron chi connectivity index (χ2n) is 6.37. The number of amides is 1. The highest BCUT2D eigenvalue weighted by atomic mass is 16.2. The first kappa shape index (κ1) is 18.0. The zero-order valence-electron chi connectivity index (χ0n) is 14.2. The van der Waals surface area contributed by atoms with E-state index in [1.165, 1.54) is 0 Å². The summed E-state index contributed by atoms with van der Waals surface area (Å²) in [6, 6.07) is 2.63. The lowest BCUT2D eigenvalue weighted by atomic mass is 9.79. The zero-order valence-corrected chi connectivity index (χ0v) is 14.2. The summed E-state index contributed by atoms with van der Waals surface area (Å²) in [4.78, 5) is 17.5. The van der Waals surface area contributed by atoms with E-state index in [0.717, 1.165) is 45.3 Å². The average molecular weight is 293 g/mol. The van der Waals surface area contributed by atoms with Crippen molar-refractivity contribution in [2.75, 3.05) is 26.7 Å². The van der Waals surface area contributed by atoms with E-state index in [-0.39, 0.29) is 11.9 Å². The Balaban J connectivity index is 3.02. The molecule has 0 bridgehead atoms. The minimum atomic E-state index is -0.806. The molecule has 4 heteroatoms. The van der Waals surface area contributed by atoms with Crippen LogP contribution in [0, 0.1) is 16.7 Å². The van der Waals surface area contributed by atoms with Gasteiger partial charge in [0.1, 0.15) is 5.41 Å². The molecule has 0 aromatic carbocycles. The number of carbonyl (C=O) groups excluding carboxylic acids is 1. The number of nitriles is 1. The maximum atomic E-state index is 13.1. The van der Waals surface area contributed by atoms with E-state index in [1.807, 2.05) is 4.90 Å². The van der Waals surface area contributed by atoms with Gasteiger partial charge in [-0.05, 0) is 39.3 Å². The zero-order chi connectivity index (χ0) is 15.9. The molecule has 0 spiro atoms. The lowest BCUT2D eigenvalue weighted by Crippen LogP contribution is -2.50. The fraction of sp³-hybridized carbons (Fsp3) is 0.882. The van der Waals surface area contributed by atoms with E-state index in [4.69, 9.17) is 0 Å². The summed E-state index contributed by atoms with van der Waals surface area (Å²) in [5, 5.41) is 9.71. The molecule has 120 valence electrons. The number of carbonyl (C=O) groups is 1. The molecule has 0 aromatic heterocycles. The van der Waals surface area contributed by atoms with E-state index < -0.39 is 5.41 Å². The molecule has 1 saturated heterocycles. The van der Waals surface area contributed by atoms with Crippen LogP contribution in [0.2, 0.25) is 0 Å². The average Bonchev–Trinajstić information content (AvgIpc) is 2.67. The van der Waals surface area contributed by atoms with Gasteiger partial charge in [-0.3, -0.25) is 4.79 Å². The van der Waals surface area contributed by atoms with Crippen LogP contribution in [0.1, 0.15) is 59.3 Å². The predicted molar refractivity (Wildman–Crippen MR) is 85.8 cm³/mol. The molecule has 0 aliphatic carbocycles. The van der Waals surface area contributed by atoms with E-state index in [2.05, 4.69) is 38.8 Å². The monoisotopic (exact) mass is 293 g/mol. The molecule has 1 amide bonds. The Labute approximate surface area is 130 Å². The van der Waals surface area contributed by atoms with Crippen LogP contribution in [-0.2, 0) is 4.79 Å². The Morgan fingerprint density at radius 1 is 1.24 bits per heavy atom. The number of rotatable bonds is 6. The number of hydrogen-bond donors (Lipinski definition) is 0. The number of hydrogen-bond acceptors (Lipinski definition) is 3. The summed E-state index contributed by atoms with van der Waals surface area (Å²) in [6.07, 6.45) is 5.07. The minimum absolute atomic E-state index is 0.0795. The van der Waals surface area contributed by atoms with Gasteiger partial charge in [-0.2, -0.15) is 5.26 Å². The molecule has 0 N–H and O–H groups in total. The molecule has 1 fully saturated rings. The first-order valence-corrected chi connectivity index (χ1v) is 8.45. The van der Waals surface area contributed by atoms with Gasteiger partial charge < -0.3 is 9.80 Å². The lowest BCUT2D eigenvalue weighted by Gasteiger charge is -2.36. The van der Waals surface area contributed by atoms with Crippen LogP contribution in [0.25, 0.3) is 0 Å². The highest BCUT2D eigenvalue weighted by Crippen LogP contribution is 2.33. The van der Waals surface area contributed by atoms with Crippen molar-refractivity contribution < 1.29 is 4.79 Å². The number of nitrogens with zero attached hydrogens (tertiary/aromatic N) is 3. The fourth-order valence-electron chi connectivity index (χ4n) is 3.49. The standard InChI is InChI=1S/C17H31N3O/c1-5-9-17(14-18,10-6-2)16(21)20-12-8-11-19(4)13-15(20)7-3/h15H,5-13H2,1-4H3. The molecule has 1 atom stereocenters. The first-order chi connectivity index (χ1) is 10.0. The van der Waals surface area contributed by atoms with Crippen molar-refractivity contribution in [2.45, 2.75) is 65.3 Å². The van der Waals surface area contributed by atoms with Crippen molar-refractivity contribution in [3.05, 3.63) is 0 Å². The number of likely N-dealkylation sites (N-methyl/N-ethyl adjacent to an activating group) is 1. The maximum Gasteiger partial charge on any atom is 0.243 e. The topological polar surface area (TPSA) is 47.3 Å². The van der Waals surface area contributed by atoms with Crippen LogP contribution in [-0.4, -0.2) is 48.4 Å². The largest absolute Gasteiger partial charge is 0.337 e. The highest BCUT2D eigenvalue weighted by Gasteiger charge is 2.42. The maximum absolute atomic E-state index is 13.1. The van der Waals surface area contributed by atoms with E-state index >= 15 is 0 Å². The molecular weight excluding hydrogens is 262 g/mol. The van der Waals surface area contributed by atoms with Crippen molar-refractivity contribution in [3.63, 3.8) is 0 Å². The molecule has 21 heavy (non-hydrogen) atoms. The third kappa shape index (κ3) is 4.20. The Bertz CT molecular complexity index is 369. The summed E-state index contributed by atoms with van der Waals surface area (Å²) < 4.78 is 0. The third-order valence-electron chi connectivity index (χ3n) is 4.61. The quantitative estimate of drug-likeness (QED) is 0.756. The SMILES string of the molecule is CCCC(C#N)(CCC)C(=O)N1CCCN(C)CC1CC. The van der Waals surface area contributed by atoms with E-state index in [0.29, 0.717) is 12.8 Å². The van der Waals surface area contributed by atoms with Crippen molar-refractivity contribution in [2.24, 2.45) is 5.41 Å². The van der Waals surface area contributed by atoms with Crippen LogP contribution >= 0.6 is 0 Å². The molecule has 4 nitrogen and oxygen atoms in total. The molecule has 0 aromatic rings.